The van der Waals surface area contributed by atoms with Gasteiger partial charge in [-0.3, -0.25) is 4.98 Å². The summed E-state index contributed by atoms with van der Waals surface area (Å²) in [5.41, 5.74) is 1.95. The third kappa shape index (κ3) is 6.55. The Kier molecular flexibility index (Phi) is 7.45. The number of nitrogens with zero attached hydrogens (tertiary/aromatic N) is 1. The Hall–Kier alpha value is -1.13. The summed E-state index contributed by atoms with van der Waals surface area (Å²) in [5, 5.41) is 3.10. The van der Waals surface area contributed by atoms with Crippen LogP contribution in [0.15, 0.2) is 12.1 Å². The second-order valence-corrected chi connectivity index (χ2v) is 5.07. The molecule has 0 aliphatic carbocycles. The fourth-order valence-electron chi connectivity index (χ4n) is 1.65. The van der Waals surface area contributed by atoms with Gasteiger partial charge in [-0.2, -0.15) is 0 Å². The Morgan fingerprint density at radius 2 is 2.00 bits per heavy atom. The minimum Gasteiger partial charge on any atom is -0.489 e. The summed E-state index contributed by atoms with van der Waals surface area (Å²) in [6.45, 7) is 9.09. The number of hydrogen-bond acceptors (Lipinski definition) is 4. The zero-order valence-electron chi connectivity index (χ0n) is 12.5. The van der Waals surface area contributed by atoms with Crippen molar-refractivity contribution in [3.8, 4) is 5.75 Å². The Balaban J connectivity index is 2.32. The lowest BCUT2D eigenvalue weighted by molar-refractivity contribution is 0.0921. The van der Waals surface area contributed by atoms with Crippen molar-refractivity contribution in [1.82, 2.24) is 10.3 Å². The van der Waals surface area contributed by atoms with Gasteiger partial charge in [-0.25, -0.2) is 0 Å². The molecule has 0 bridgehead atoms. The minimum atomic E-state index is 0.569. The average molecular weight is 266 g/mol. The van der Waals surface area contributed by atoms with E-state index in [1.54, 1.807) is 0 Å². The lowest BCUT2D eigenvalue weighted by Crippen LogP contribution is -2.13. The van der Waals surface area contributed by atoms with Crippen LogP contribution in [0.4, 0.5) is 0 Å². The Bertz CT molecular complexity index is 367. The zero-order valence-corrected chi connectivity index (χ0v) is 12.5. The predicted octanol–water partition coefficient (Wildman–Crippen LogP) is 2.55. The van der Waals surface area contributed by atoms with Gasteiger partial charge in [-0.15, -0.1) is 0 Å². The molecule has 108 valence electrons. The van der Waals surface area contributed by atoms with Crippen LogP contribution in [0.25, 0.3) is 0 Å². The van der Waals surface area contributed by atoms with Crippen molar-refractivity contribution < 1.29 is 9.47 Å². The Morgan fingerprint density at radius 1 is 1.21 bits per heavy atom. The highest BCUT2D eigenvalue weighted by molar-refractivity contribution is 5.29. The van der Waals surface area contributed by atoms with E-state index < -0.39 is 0 Å². The van der Waals surface area contributed by atoms with Crippen molar-refractivity contribution in [2.75, 3.05) is 26.9 Å². The van der Waals surface area contributed by atoms with Crippen molar-refractivity contribution >= 4 is 0 Å². The first-order valence-corrected chi connectivity index (χ1v) is 6.95. The summed E-state index contributed by atoms with van der Waals surface area (Å²) in [6, 6.07) is 3.94. The van der Waals surface area contributed by atoms with Gasteiger partial charge in [-0.05, 0) is 38.4 Å². The highest BCUT2D eigenvalue weighted by Gasteiger charge is 2.05. The number of pyridine rings is 1. The van der Waals surface area contributed by atoms with Crippen LogP contribution in [0.3, 0.4) is 0 Å². The van der Waals surface area contributed by atoms with Crippen LogP contribution in [-0.4, -0.2) is 31.9 Å². The average Bonchev–Trinajstić information content (AvgIpc) is 2.36. The Morgan fingerprint density at radius 3 is 2.68 bits per heavy atom. The van der Waals surface area contributed by atoms with E-state index in [1.807, 2.05) is 26.1 Å². The molecule has 19 heavy (non-hydrogen) atoms. The molecule has 0 spiro atoms. The second kappa shape index (κ2) is 8.88. The normalized spacial score (nSPS) is 11.0. The first-order chi connectivity index (χ1) is 9.13. The highest BCUT2D eigenvalue weighted by atomic mass is 16.5. The molecule has 1 rings (SSSR count). The van der Waals surface area contributed by atoms with Gasteiger partial charge in [0.15, 0.2) is 0 Å². The maximum atomic E-state index is 5.72. The molecule has 1 aromatic heterocycles. The lowest BCUT2D eigenvalue weighted by atomic mass is 10.1. The molecule has 0 aliphatic heterocycles. The van der Waals surface area contributed by atoms with Gasteiger partial charge in [0.05, 0.1) is 12.3 Å². The number of aryl methyl sites for hydroxylation is 1. The summed E-state index contributed by atoms with van der Waals surface area (Å²) in [4.78, 5) is 4.47. The molecule has 1 N–H and O–H groups in total. The van der Waals surface area contributed by atoms with Gasteiger partial charge in [-0.1, -0.05) is 13.8 Å². The van der Waals surface area contributed by atoms with Crippen LogP contribution in [0.1, 0.15) is 31.7 Å². The molecule has 0 amide bonds. The van der Waals surface area contributed by atoms with Crippen molar-refractivity contribution in [2.24, 2.45) is 5.92 Å². The maximum absolute atomic E-state index is 5.72. The third-order valence-electron chi connectivity index (χ3n) is 2.74. The van der Waals surface area contributed by atoms with Crippen LogP contribution in [0.2, 0.25) is 0 Å². The first-order valence-electron chi connectivity index (χ1n) is 6.95. The van der Waals surface area contributed by atoms with Gasteiger partial charge >= 0.3 is 0 Å². The van der Waals surface area contributed by atoms with E-state index in [4.69, 9.17) is 9.47 Å². The SMILES string of the molecule is CNCc1nc(C)ccc1OCCOCCC(C)C. The summed E-state index contributed by atoms with van der Waals surface area (Å²) in [7, 11) is 1.91. The van der Waals surface area contributed by atoms with Crippen molar-refractivity contribution in [3.63, 3.8) is 0 Å². The molecule has 1 heterocycles. The molecule has 0 aromatic carbocycles. The molecule has 0 saturated heterocycles. The van der Waals surface area contributed by atoms with Gasteiger partial charge in [0.25, 0.3) is 0 Å². The van der Waals surface area contributed by atoms with Crippen LogP contribution < -0.4 is 10.1 Å². The van der Waals surface area contributed by atoms with E-state index in [0.717, 1.165) is 30.2 Å². The van der Waals surface area contributed by atoms with E-state index in [9.17, 15) is 0 Å². The predicted molar refractivity (Wildman–Crippen MR) is 77.5 cm³/mol. The monoisotopic (exact) mass is 266 g/mol. The maximum Gasteiger partial charge on any atom is 0.142 e. The van der Waals surface area contributed by atoms with Gasteiger partial charge in [0.2, 0.25) is 0 Å². The number of aromatic nitrogens is 1. The van der Waals surface area contributed by atoms with Crippen molar-refractivity contribution in [2.45, 2.75) is 33.7 Å². The van der Waals surface area contributed by atoms with Crippen molar-refractivity contribution in [1.29, 1.82) is 0 Å². The van der Waals surface area contributed by atoms with Crippen LogP contribution in [-0.2, 0) is 11.3 Å². The summed E-state index contributed by atoms with van der Waals surface area (Å²) >= 11 is 0. The largest absolute Gasteiger partial charge is 0.489 e. The number of nitrogens with one attached hydrogen (secondary N) is 1. The standard InChI is InChI=1S/C15H26N2O2/c1-12(2)7-8-18-9-10-19-15-6-5-13(3)17-14(15)11-16-4/h5-6,12,16H,7-11H2,1-4H3. The number of rotatable bonds is 9. The molecule has 0 fully saturated rings. The lowest BCUT2D eigenvalue weighted by Gasteiger charge is -2.12. The van der Waals surface area contributed by atoms with E-state index in [2.05, 4.69) is 24.1 Å². The highest BCUT2D eigenvalue weighted by Crippen LogP contribution is 2.16. The van der Waals surface area contributed by atoms with Crippen LogP contribution in [0.5, 0.6) is 5.75 Å². The topological polar surface area (TPSA) is 43.4 Å². The smallest absolute Gasteiger partial charge is 0.142 e. The van der Waals surface area contributed by atoms with Gasteiger partial charge in [0.1, 0.15) is 12.4 Å². The molecule has 0 aliphatic rings. The third-order valence-corrected chi connectivity index (χ3v) is 2.74. The quantitative estimate of drug-likeness (QED) is 0.698. The molecule has 0 saturated carbocycles. The first kappa shape index (κ1) is 15.9. The van der Waals surface area contributed by atoms with E-state index >= 15 is 0 Å². The molecular weight excluding hydrogens is 240 g/mol. The van der Waals surface area contributed by atoms with Crippen molar-refractivity contribution in [3.05, 3.63) is 23.5 Å². The minimum absolute atomic E-state index is 0.569. The van der Waals surface area contributed by atoms with Crippen LogP contribution in [0, 0.1) is 12.8 Å². The molecule has 0 atom stereocenters. The summed E-state index contributed by atoms with van der Waals surface area (Å²) in [6.07, 6.45) is 1.09. The van der Waals surface area contributed by atoms with Gasteiger partial charge in [0, 0.05) is 18.8 Å². The molecule has 1 aromatic rings. The van der Waals surface area contributed by atoms with Gasteiger partial charge < -0.3 is 14.8 Å². The fourth-order valence-corrected chi connectivity index (χ4v) is 1.65. The summed E-state index contributed by atoms with van der Waals surface area (Å²) < 4.78 is 11.3. The van der Waals surface area contributed by atoms with E-state index in [1.165, 1.54) is 0 Å². The zero-order chi connectivity index (χ0) is 14.1. The fraction of sp³-hybridized carbons (Fsp3) is 0.667. The molecule has 4 nitrogen and oxygen atoms in total. The molecule has 0 unspecified atom stereocenters. The molecule has 0 radical (unpaired) electrons. The number of ether oxygens (including phenoxy) is 2. The van der Waals surface area contributed by atoms with Crippen LogP contribution >= 0.6 is 0 Å². The van der Waals surface area contributed by atoms with E-state index in [0.29, 0.717) is 25.7 Å². The Labute approximate surface area is 116 Å². The molecular formula is C15H26N2O2. The molecule has 4 heteroatoms. The second-order valence-electron chi connectivity index (χ2n) is 5.07. The number of hydrogen-bond donors (Lipinski definition) is 1. The summed E-state index contributed by atoms with van der Waals surface area (Å²) in [5.74, 6) is 1.52. The van der Waals surface area contributed by atoms with E-state index in [-0.39, 0.29) is 0 Å².